The standard InChI is InChI=1S/C12H22N2O3/c1-12(2,3)11(16)17-9-10(15)14-7-5-13(4)6-8-14/h5-9H2,1-4H3. The molecule has 0 spiro atoms. The van der Waals surface area contributed by atoms with Gasteiger partial charge < -0.3 is 14.5 Å². The number of nitrogens with zero attached hydrogens (tertiary/aromatic N) is 2. The first-order valence-electron chi connectivity index (χ1n) is 5.94. The number of esters is 1. The predicted octanol–water partition coefficient (Wildman–Crippen LogP) is 0.350. The average Bonchev–Trinajstić information content (AvgIpc) is 2.25. The molecule has 5 nitrogen and oxygen atoms in total. The van der Waals surface area contributed by atoms with Crippen molar-refractivity contribution in [3.63, 3.8) is 0 Å². The summed E-state index contributed by atoms with van der Waals surface area (Å²) < 4.78 is 5.00. The quantitative estimate of drug-likeness (QED) is 0.656. The van der Waals surface area contributed by atoms with Crippen LogP contribution in [0.15, 0.2) is 0 Å². The third-order valence-electron chi connectivity index (χ3n) is 2.80. The second-order valence-electron chi connectivity index (χ2n) is 5.51. The number of amides is 1. The molecule has 0 N–H and O–H groups in total. The lowest BCUT2D eigenvalue weighted by molar-refractivity contribution is -0.159. The van der Waals surface area contributed by atoms with Crippen molar-refractivity contribution in [2.75, 3.05) is 39.8 Å². The number of piperazine rings is 1. The summed E-state index contributed by atoms with van der Waals surface area (Å²) in [6.07, 6.45) is 0. The van der Waals surface area contributed by atoms with Gasteiger partial charge in [0.25, 0.3) is 5.91 Å². The molecule has 0 aliphatic carbocycles. The molecule has 1 rings (SSSR count). The van der Waals surface area contributed by atoms with Crippen LogP contribution in [0.25, 0.3) is 0 Å². The summed E-state index contributed by atoms with van der Waals surface area (Å²) >= 11 is 0. The molecule has 0 bridgehead atoms. The fourth-order valence-corrected chi connectivity index (χ4v) is 1.49. The summed E-state index contributed by atoms with van der Waals surface area (Å²) in [6, 6.07) is 0. The van der Waals surface area contributed by atoms with Gasteiger partial charge in [0.2, 0.25) is 0 Å². The first-order valence-corrected chi connectivity index (χ1v) is 5.94. The van der Waals surface area contributed by atoms with Crippen molar-refractivity contribution in [2.45, 2.75) is 20.8 Å². The molecule has 0 radical (unpaired) electrons. The topological polar surface area (TPSA) is 49.9 Å². The van der Waals surface area contributed by atoms with E-state index in [1.807, 2.05) is 7.05 Å². The zero-order chi connectivity index (χ0) is 13.1. The molecule has 0 aromatic rings. The molecule has 1 amide bonds. The van der Waals surface area contributed by atoms with Crippen LogP contribution in [0.3, 0.4) is 0 Å². The lowest BCUT2D eigenvalue weighted by Crippen LogP contribution is -2.48. The lowest BCUT2D eigenvalue weighted by Gasteiger charge is -2.32. The minimum atomic E-state index is -0.553. The van der Waals surface area contributed by atoms with Crippen molar-refractivity contribution in [2.24, 2.45) is 5.41 Å². The van der Waals surface area contributed by atoms with Gasteiger partial charge in [-0.1, -0.05) is 0 Å². The van der Waals surface area contributed by atoms with E-state index in [4.69, 9.17) is 4.74 Å². The van der Waals surface area contributed by atoms with E-state index in [1.165, 1.54) is 0 Å². The van der Waals surface area contributed by atoms with Crippen molar-refractivity contribution < 1.29 is 14.3 Å². The highest BCUT2D eigenvalue weighted by Crippen LogP contribution is 2.15. The summed E-state index contributed by atoms with van der Waals surface area (Å²) in [5.74, 6) is -0.435. The maximum atomic E-state index is 11.8. The van der Waals surface area contributed by atoms with Gasteiger partial charge in [-0.15, -0.1) is 0 Å². The van der Waals surface area contributed by atoms with Gasteiger partial charge in [0.15, 0.2) is 6.61 Å². The smallest absolute Gasteiger partial charge is 0.311 e. The van der Waals surface area contributed by atoms with Crippen LogP contribution in [0.1, 0.15) is 20.8 Å². The number of ether oxygens (including phenoxy) is 1. The molecule has 17 heavy (non-hydrogen) atoms. The fraction of sp³-hybridized carbons (Fsp3) is 0.833. The van der Waals surface area contributed by atoms with Crippen LogP contribution >= 0.6 is 0 Å². The highest BCUT2D eigenvalue weighted by molar-refractivity contribution is 5.82. The van der Waals surface area contributed by atoms with Crippen LogP contribution in [-0.2, 0) is 14.3 Å². The van der Waals surface area contributed by atoms with Gasteiger partial charge in [0.1, 0.15) is 0 Å². The Labute approximate surface area is 103 Å². The van der Waals surface area contributed by atoms with E-state index >= 15 is 0 Å². The Morgan fingerprint density at radius 1 is 1.12 bits per heavy atom. The van der Waals surface area contributed by atoms with Crippen LogP contribution in [0.2, 0.25) is 0 Å². The predicted molar refractivity (Wildman–Crippen MR) is 64.5 cm³/mol. The molecule has 98 valence electrons. The van der Waals surface area contributed by atoms with Gasteiger partial charge in [-0.05, 0) is 27.8 Å². The Balaban J connectivity index is 2.33. The first kappa shape index (κ1) is 14.0. The summed E-state index contributed by atoms with van der Waals surface area (Å²) in [5.41, 5.74) is -0.553. The molecule has 0 saturated carbocycles. The van der Waals surface area contributed by atoms with Crippen LogP contribution in [0.5, 0.6) is 0 Å². The summed E-state index contributed by atoms with van der Waals surface area (Å²) in [4.78, 5) is 27.2. The molecule has 1 aliphatic rings. The van der Waals surface area contributed by atoms with Gasteiger partial charge in [0, 0.05) is 26.2 Å². The molecule has 1 saturated heterocycles. The van der Waals surface area contributed by atoms with E-state index in [-0.39, 0.29) is 18.5 Å². The molecule has 5 heteroatoms. The molecular formula is C12H22N2O3. The number of hydrogen-bond acceptors (Lipinski definition) is 4. The van der Waals surface area contributed by atoms with Crippen LogP contribution in [0, 0.1) is 5.41 Å². The number of hydrogen-bond donors (Lipinski definition) is 0. The Morgan fingerprint density at radius 3 is 2.12 bits per heavy atom. The van der Waals surface area contributed by atoms with Crippen molar-refractivity contribution in [1.82, 2.24) is 9.80 Å². The average molecular weight is 242 g/mol. The lowest BCUT2D eigenvalue weighted by atomic mass is 9.97. The van der Waals surface area contributed by atoms with E-state index in [9.17, 15) is 9.59 Å². The fourth-order valence-electron chi connectivity index (χ4n) is 1.49. The maximum Gasteiger partial charge on any atom is 0.311 e. The van der Waals surface area contributed by atoms with Crippen LogP contribution in [-0.4, -0.2) is 61.5 Å². The summed E-state index contributed by atoms with van der Waals surface area (Å²) in [7, 11) is 2.03. The summed E-state index contributed by atoms with van der Waals surface area (Å²) in [6.45, 7) is 8.35. The Kier molecular flexibility index (Phi) is 4.51. The molecular weight excluding hydrogens is 220 g/mol. The van der Waals surface area contributed by atoms with E-state index in [0.29, 0.717) is 13.1 Å². The summed E-state index contributed by atoms with van der Waals surface area (Å²) in [5, 5.41) is 0. The zero-order valence-corrected chi connectivity index (χ0v) is 11.2. The monoisotopic (exact) mass is 242 g/mol. The van der Waals surface area contributed by atoms with E-state index < -0.39 is 5.41 Å². The molecule has 0 atom stereocenters. The molecule has 0 unspecified atom stereocenters. The van der Waals surface area contributed by atoms with Gasteiger partial charge >= 0.3 is 5.97 Å². The zero-order valence-electron chi connectivity index (χ0n) is 11.2. The first-order chi connectivity index (χ1) is 7.80. The SMILES string of the molecule is CN1CCN(C(=O)COC(=O)C(C)(C)C)CC1. The number of rotatable bonds is 2. The highest BCUT2D eigenvalue weighted by atomic mass is 16.5. The normalized spacial score (nSPS) is 18.0. The van der Waals surface area contributed by atoms with Crippen molar-refractivity contribution in [3.8, 4) is 0 Å². The van der Waals surface area contributed by atoms with Crippen LogP contribution < -0.4 is 0 Å². The second-order valence-corrected chi connectivity index (χ2v) is 5.51. The molecule has 0 aromatic carbocycles. The second kappa shape index (κ2) is 5.49. The minimum absolute atomic E-state index is 0.101. The molecule has 1 aliphatic heterocycles. The van der Waals surface area contributed by atoms with E-state index in [1.54, 1.807) is 25.7 Å². The van der Waals surface area contributed by atoms with Crippen molar-refractivity contribution in [3.05, 3.63) is 0 Å². The molecule has 1 heterocycles. The molecule has 1 fully saturated rings. The van der Waals surface area contributed by atoms with Gasteiger partial charge in [-0.25, -0.2) is 0 Å². The third kappa shape index (κ3) is 4.34. The third-order valence-corrected chi connectivity index (χ3v) is 2.80. The van der Waals surface area contributed by atoms with E-state index in [2.05, 4.69) is 4.90 Å². The minimum Gasteiger partial charge on any atom is -0.455 e. The highest BCUT2D eigenvalue weighted by Gasteiger charge is 2.25. The number of carbonyl (C=O) groups excluding carboxylic acids is 2. The van der Waals surface area contributed by atoms with Gasteiger partial charge in [0.05, 0.1) is 5.41 Å². The van der Waals surface area contributed by atoms with Crippen molar-refractivity contribution >= 4 is 11.9 Å². The van der Waals surface area contributed by atoms with Crippen molar-refractivity contribution in [1.29, 1.82) is 0 Å². The van der Waals surface area contributed by atoms with E-state index in [0.717, 1.165) is 13.1 Å². The number of likely N-dealkylation sites (N-methyl/N-ethyl adjacent to an activating group) is 1. The molecule has 0 aromatic heterocycles. The van der Waals surface area contributed by atoms with Crippen LogP contribution in [0.4, 0.5) is 0 Å². The maximum absolute atomic E-state index is 11.8. The Bertz CT molecular complexity index is 289. The van der Waals surface area contributed by atoms with Gasteiger partial charge in [-0.2, -0.15) is 0 Å². The largest absolute Gasteiger partial charge is 0.455 e. The Morgan fingerprint density at radius 2 is 1.65 bits per heavy atom. The van der Waals surface area contributed by atoms with Gasteiger partial charge in [-0.3, -0.25) is 9.59 Å². The Hall–Kier alpha value is -1.10. The number of carbonyl (C=O) groups is 2.